The van der Waals surface area contributed by atoms with Crippen LogP contribution in [0.2, 0.25) is 0 Å². The highest BCUT2D eigenvalue weighted by atomic mass is 32.2. The number of morpholine rings is 1. The molecule has 0 radical (unpaired) electrons. The van der Waals surface area contributed by atoms with Crippen LogP contribution in [0.3, 0.4) is 0 Å². The second kappa shape index (κ2) is 8.61. The number of hydrogen-bond donors (Lipinski definition) is 2. The number of anilines is 1. The Kier molecular flexibility index (Phi) is 6.68. The third kappa shape index (κ3) is 4.90. The second-order valence-electron chi connectivity index (χ2n) is 7.42. The van der Waals surface area contributed by atoms with Crippen LogP contribution in [-0.2, 0) is 24.6 Å². The Balaban J connectivity index is 1.86. The number of sulfonamides is 1. The van der Waals surface area contributed by atoms with Gasteiger partial charge in [0.1, 0.15) is 9.79 Å². The monoisotopic (exact) mass is 471 g/mol. The molecular formula is C17H24F3N3O5S2. The Hall–Kier alpha value is -1.41. The first kappa shape index (κ1) is 23.3. The molecule has 0 spiro atoms. The minimum absolute atomic E-state index is 0.304. The zero-order valence-corrected chi connectivity index (χ0v) is 17.7. The van der Waals surface area contributed by atoms with Crippen LogP contribution in [0, 0.1) is 0 Å². The summed E-state index contributed by atoms with van der Waals surface area (Å²) in [6, 6.07) is 2.58. The van der Waals surface area contributed by atoms with Gasteiger partial charge in [-0.25, -0.2) is 22.0 Å². The minimum atomic E-state index is -5.77. The first-order valence-corrected chi connectivity index (χ1v) is 12.5. The highest BCUT2D eigenvalue weighted by Crippen LogP contribution is 2.38. The molecule has 1 aromatic rings. The number of rotatable bonds is 5. The molecule has 0 aromatic heterocycles. The van der Waals surface area contributed by atoms with Crippen LogP contribution in [0.1, 0.15) is 25.7 Å². The maximum absolute atomic E-state index is 13.2. The molecule has 0 bridgehead atoms. The van der Waals surface area contributed by atoms with E-state index in [9.17, 15) is 30.0 Å². The average Bonchev–Trinajstić information content (AvgIpc) is 2.67. The van der Waals surface area contributed by atoms with E-state index in [1.807, 2.05) is 0 Å². The van der Waals surface area contributed by atoms with Crippen molar-refractivity contribution < 1.29 is 34.7 Å². The van der Waals surface area contributed by atoms with E-state index in [0.29, 0.717) is 32.1 Å². The number of benzene rings is 1. The SMILES string of the molecule is NS(=O)(=O)c1cccc(S(=O)(=O)C(F)(F)F)c1NC1CCC(N2CCOCC2)CC1. The molecule has 1 heterocycles. The second-order valence-corrected chi connectivity index (χ2v) is 10.9. The Morgan fingerprint density at radius 2 is 1.57 bits per heavy atom. The van der Waals surface area contributed by atoms with Crippen molar-refractivity contribution in [2.75, 3.05) is 31.6 Å². The fraction of sp³-hybridized carbons (Fsp3) is 0.647. The first-order valence-electron chi connectivity index (χ1n) is 9.47. The summed E-state index contributed by atoms with van der Waals surface area (Å²) in [6.07, 6.45) is 2.59. The number of ether oxygens (including phenoxy) is 1. The Bertz CT molecular complexity index is 969. The smallest absolute Gasteiger partial charge is 0.380 e. The van der Waals surface area contributed by atoms with Crippen molar-refractivity contribution in [3.63, 3.8) is 0 Å². The standard InChI is InChI=1S/C17H24F3N3O5S2/c18-17(19,20)29(24,25)14-2-1-3-15(30(21,26)27)16(14)22-12-4-6-13(7-5-12)23-8-10-28-11-9-23/h1-3,12-13,22H,4-11H2,(H2,21,26,27). The number of primary sulfonamides is 1. The number of nitrogens with zero attached hydrogens (tertiary/aromatic N) is 1. The molecule has 2 fully saturated rings. The van der Waals surface area contributed by atoms with Crippen molar-refractivity contribution in [3.05, 3.63) is 18.2 Å². The molecule has 0 unspecified atom stereocenters. The minimum Gasteiger partial charge on any atom is -0.380 e. The quantitative estimate of drug-likeness (QED) is 0.671. The fourth-order valence-electron chi connectivity index (χ4n) is 3.97. The highest BCUT2D eigenvalue weighted by Gasteiger charge is 2.48. The molecule has 0 amide bonds. The van der Waals surface area contributed by atoms with Crippen LogP contribution in [0.15, 0.2) is 28.0 Å². The third-order valence-corrected chi connectivity index (χ3v) is 7.98. The van der Waals surface area contributed by atoms with Gasteiger partial charge in [0.15, 0.2) is 0 Å². The van der Waals surface area contributed by atoms with Crippen LogP contribution >= 0.6 is 0 Å². The van der Waals surface area contributed by atoms with Crippen LogP contribution < -0.4 is 10.5 Å². The zero-order valence-electron chi connectivity index (χ0n) is 16.1. The van der Waals surface area contributed by atoms with Crippen LogP contribution in [0.25, 0.3) is 0 Å². The summed E-state index contributed by atoms with van der Waals surface area (Å²) in [4.78, 5) is 0.484. The summed E-state index contributed by atoms with van der Waals surface area (Å²) in [6.45, 7) is 2.92. The van der Waals surface area contributed by atoms with E-state index in [1.165, 1.54) is 0 Å². The van der Waals surface area contributed by atoms with Gasteiger partial charge in [-0.1, -0.05) is 6.07 Å². The van der Waals surface area contributed by atoms with Gasteiger partial charge in [-0.15, -0.1) is 0 Å². The van der Waals surface area contributed by atoms with Crippen LogP contribution in [0.5, 0.6) is 0 Å². The summed E-state index contributed by atoms with van der Waals surface area (Å²) in [5.74, 6) is 0. The van der Waals surface area contributed by atoms with E-state index >= 15 is 0 Å². The number of halogens is 3. The predicted molar refractivity (Wildman–Crippen MR) is 103 cm³/mol. The molecule has 1 aliphatic carbocycles. The van der Waals surface area contributed by atoms with E-state index in [1.54, 1.807) is 0 Å². The molecule has 30 heavy (non-hydrogen) atoms. The van der Waals surface area contributed by atoms with Gasteiger partial charge in [0, 0.05) is 25.2 Å². The third-order valence-electron chi connectivity index (χ3n) is 5.50. The van der Waals surface area contributed by atoms with Crippen molar-refractivity contribution in [3.8, 4) is 0 Å². The number of para-hydroxylation sites is 1. The van der Waals surface area contributed by atoms with Gasteiger partial charge in [0.05, 0.1) is 18.9 Å². The molecular weight excluding hydrogens is 447 g/mol. The lowest BCUT2D eigenvalue weighted by atomic mass is 9.90. The molecule has 0 atom stereocenters. The fourth-order valence-corrected chi connectivity index (χ4v) is 5.70. The normalized spacial score (nSPS) is 24.5. The zero-order chi connectivity index (χ0) is 22.2. The van der Waals surface area contributed by atoms with Crippen molar-refractivity contribution in [2.45, 2.75) is 53.1 Å². The van der Waals surface area contributed by atoms with E-state index in [-0.39, 0.29) is 6.04 Å². The topological polar surface area (TPSA) is 119 Å². The van der Waals surface area contributed by atoms with Crippen molar-refractivity contribution in [1.29, 1.82) is 0 Å². The number of nitrogens with one attached hydrogen (secondary N) is 1. The Labute approximate surface area is 173 Å². The van der Waals surface area contributed by atoms with Gasteiger partial charge in [0.25, 0.3) is 9.84 Å². The van der Waals surface area contributed by atoms with Gasteiger partial charge in [-0.3, -0.25) is 4.90 Å². The van der Waals surface area contributed by atoms with E-state index < -0.39 is 40.8 Å². The summed E-state index contributed by atoms with van der Waals surface area (Å²) in [5.41, 5.74) is -6.19. The summed E-state index contributed by atoms with van der Waals surface area (Å²) >= 11 is 0. The van der Waals surface area contributed by atoms with E-state index in [2.05, 4.69) is 10.2 Å². The van der Waals surface area contributed by atoms with Gasteiger partial charge < -0.3 is 10.1 Å². The number of sulfone groups is 1. The number of nitrogens with two attached hydrogens (primary N) is 1. The summed E-state index contributed by atoms with van der Waals surface area (Å²) in [7, 11) is -10.2. The van der Waals surface area contributed by atoms with Crippen LogP contribution in [0.4, 0.5) is 18.9 Å². The molecule has 8 nitrogen and oxygen atoms in total. The molecule has 3 rings (SSSR count). The molecule has 3 N–H and O–H groups in total. The molecule has 170 valence electrons. The van der Waals surface area contributed by atoms with Gasteiger partial charge in [-0.2, -0.15) is 13.2 Å². The summed E-state index contributed by atoms with van der Waals surface area (Å²) in [5, 5.41) is 7.89. The summed E-state index contributed by atoms with van der Waals surface area (Å²) < 4.78 is 92.7. The lowest BCUT2D eigenvalue weighted by Crippen LogP contribution is -2.46. The first-order chi connectivity index (χ1) is 13.9. The maximum atomic E-state index is 13.2. The van der Waals surface area contributed by atoms with Crippen LogP contribution in [-0.4, -0.2) is 65.6 Å². The average molecular weight is 472 g/mol. The van der Waals surface area contributed by atoms with Gasteiger partial charge in [0.2, 0.25) is 10.0 Å². The molecule has 13 heteroatoms. The number of hydrogen-bond acceptors (Lipinski definition) is 7. The maximum Gasteiger partial charge on any atom is 0.501 e. The van der Waals surface area contributed by atoms with Crippen molar-refractivity contribution in [1.82, 2.24) is 4.90 Å². The van der Waals surface area contributed by atoms with Crippen molar-refractivity contribution in [2.24, 2.45) is 5.14 Å². The Morgan fingerprint density at radius 3 is 2.10 bits per heavy atom. The van der Waals surface area contributed by atoms with Gasteiger partial charge >= 0.3 is 5.51 Å². The Morgan fingerprint density at radius 1 is 1.00 bits per heavy atom. The predicted octanol–water partition coefficient (Wildman–Crippen LogP) is 1.68. The van der Waals surface area contributed by atoms with Crippen molar-refractivity contribution >= 4 is 25.5 Å². The molecule has 1 aliphatic heterocycles. The van der Waals surface area contributed by atoms with E-state index in [4.69, 9.17) is 9.88 Å². The molecule has 1 saturated heterocycles. The highest BCUT2D eigenvalue weighted by molar-refractivity contribution is 7.92. The molecule has 1 aromatic carbocycles. The lowest BCUT2D eigenvalue weighted by molar-refractivity contribution is -0.0435. The van der Waals surface area contributed by atoms with Gasteiger partial charge in [-0.05, 0) is 37.8 Å². The molecule has 2 aliphatic rings. The van der Waals surface area contributed by atoms with E-state index in [0.717, 1.165) is 44.1 Å². The molecule has 1 saturated carbocycles. The largest absolute Gasteiger partial charge is 0.501 e. The lowest BCUT2D eigenvalue weighted by Gasteiger charge is -2.39. The number of alkyl halides is 3.